The van der Waals surface area contributed by atoms with E-state index in [4.69, 9.17) is 5.11 Å². The molecule has 1 N–H and O–H groups in total. The third kappa shape index (κ3) is 11.5. The summed E-state index contributed by atoms with van der Waals surface area (Å²) in [6.45, 7) is 8.78. The van der Waals surface area contributed by atoms with Crippen molar-refractivity contribution in [3.8, 4) is 0 Å². The van der Waals surface area contributed by atoms with Gasteiger partial charge in [-0.2, -0.15) is 0 Å². The highest BCUT2D eigenvalue weighted by atomic mass is 79.9. The van der Waals surface area contributed by atoms with E-state index >= 15 is 0 Å². The lowest BCUT2D eigenvalue weighted by molar-refractivity contribution is -0.910. The van der Waals surface area contributed by atoms with Gasteiger partial charge in [-0.15, -0.1) is 0 Å². The van der Waals surface area contributed by atoms with Crippen LogP contribution >= 0.6 is 0 Å². The fourth-order valence-electron chi connectivity index (χ4n) is 2.43. The van der Waals surface area contributed by atoms with Gasteiger partial charge in [0.25, 0.3) is 0 Å². The molecule has 0 amide bonds. The van der Waals surface area contributed by atoms with Crippen LogP contribution in [0.1, 0.15) is 65.2 Å². The number of unbranched alkanes of at least 4 members (excludes halogenated alkanes) is 5. The minimum Gasteiger partial charge on any atom is -1.00 e. The summed E-state index contributed by atoms with van der Waals surface area (Å²) in [5.74, 6) is 0. The molecule has 0 aromatic rings. The molecule has 0 unspecified atom stereocenters. The Balaban J connectivity index is 0. The Hall–Kier alpha value is 0.400. The maximum atomic E-state index is 8.88. The molecule has 0 heterocycles. The molecule has 112 valence electrons. The molecule has 0 radical (unpaired) electrons. The zero-order valence-electron chi connectivity index (χ0n) is 12.8. The highest BCUT2D eigenvalue weighted by Gasteiger charge is 2.19. The third-order valence-corrected chi connectivity index (χ3v) is 3.71. The predicted molar refractivity (Wildman–Crippen MR) is 76.2 cm³/mol. The van der Waals surface area contributed by atoms with E-state index < -0.39 is 0 Å². The first-order valence-corrected chi connectivity index (χ1v) is 7.63. The highest BCUT2D eigenvalue weighted by molar-refractivity contribution is 4.46. The van der Waals surface area contributed by atoms with Crippen LogP contribution in [0.15, 0.2) is 0 Å². The summed E-state index contributed by atoms with van der Waals surface area (Å²) < 4.78 is 1.22. The van der Waals surface area contributed by atoms with Crippen LogP contribution in [0.3, 0.4) is 0 Å². The van der Waals surface area contributed by atoms with Crippen molar-refractivity contribution in [1.29, 1.82) is 0 Å². The van der Waals surface area contributed by atoms with Gasteiger partial charge in [0.15, 0.2) is 0 Å². The van der Waals surface area contributed by atoms with Crippen molar-refractivity contribution in [2.45, 2.75) is 65.2 Å². The Kier molecular flexibility index (Phi) is 15.9. The van der Waals surface area contributed by atoms with Crippen LogP contribution in [-0.4, -0.2) is 42.9 Å². The van der Waals surface area contributed by atoms with E-state index in [1.165, 1.54) is 69.1 Å². The maximum Gasteiger partial charge on any atom is 0.0785 e. The van der Waals surface area contributed by atoms with Gasteiger partial charge in [0, 0.05) is 6.61 Å². The average Bonchev–Trinajstić information content (AvgIpc) is 2.30. The van der Waals surface area contributed by atoms with Crippen LogP contribution in [0.2, 0.25) is 0 Å². The van der Waals surface area contributed by atoms with Crippen LogP contribution in [0.25, 0.3) is 0 Å². The van der Waals surface area contributed by atoms with E-state index in [1.54, 1.807) is 0 Å². The second kappa shape index (κ2) is 13.8. The number of aliphatic hydroxyl groups is 1. The Morgan fingerprint density at radius 1 is 0.722 bits per heavy atom. The number of rotatable bonds is 12. The first-order chi connectivity index (χ1) is 8.18. The normalized spacial score (nSPS) is 11.3. The largest absolute Gasteiger partial charge is 1.00 e. The lowest BCUT2D eigenvalue weighted by Gasteiger charge is -2.35. The van der Waals surface area contributed by atoms with Gasteiger partial charge in [0.2, 0.25) is 0 Å². The standard InChI is InChI=1S/C15H34NO.BrH/c1-4-6-8-12-16(3,13-9-7-5-2)14-10-11-15-17;/h17H,4-15H2,1-3H3;1H/q+1;/p-1. The minimum atomic E-state index is 0. The fourth-order valence-corrected chi connectivity index (χ4v) is 2.43. The number of hydrogen-bond acceptors (Lipinski definition) is 1. The van der Waals surface area contributed by atoms with Gasteiger partial charge in [-0.25, -0.2) is 0 Å². The van der Waals surface area contributed by atoms with E-state index in [9.17, 15) is 0 Å². The van der Waals surface area contributed by atoms with Gasteiger partial charge in [0.05, 0.1) is 26.7 Å². The first-order valence-electron chi connectivity index (χ1n) is 7.63. The van der Waals surface area contributed by atoms with Gasteiger partial charge in [-0.3, -0.25) is 0 Å². The Morgan fingerprint density at radius 3 is 1.44 bits per heavy atom. The number of nitrogens with zero attached hydrogens (tertiary/aromatic N) is 1. The molecule has 0 aliphatic heterocycles. The molecule has 0 aliphatic carbocycles. The van der Waals surface area contributed by atoms with Crippen molar-refractivity contribution in [3.63, 3.8) is 0 Å². The van der Waals surface area contributed by atoms with Crippen molar-refractivity contribution >= 4 is 0 Å². The maximum absolute atomic E-state index is 8.88. The molecule has 0 fully saturated rings. The third-order valence-electron chi connectivity index (χ3n) is 3.71. The summed E-state index contributed by atoms with van der Waals surface area (Å²) in [4.78, 5) is 0. The Morgan fingerprint density at radius 2 is 1.11 bits per heavy atom. The SMILES string of the molecule is CCCCC[N+](C)(CCCCC)CCCCO.[Br-]. The summed E-state index contributed by atoms with van der Waals surface area (Å²) in [6.07, 6.45) is 10.2. The quantitative estimate of drug-likeness (QED) is 0.412. The Bertz CT molecular complexity index is 138. The van der Waals surface area contributed by atoms with Gasteiger partial charge >= 0.3 is 0 Å². The van der Waals surface area contributed by atoms with Crippen LogP contribution in [-0.2, 0) is 0 Å². The minimum absolute atomic E-state index is 0. The van der Waals surface area contributed by atoms with Gasteiger partial charge in [-0.05, 0) is 38.5 Å². The molecule has 0 atom stereocenters. The van der Waals surface area contributed by atoms with Crippen molar-refractivity contribution < 1.29 is 26.6 Å². The van der Waals surface area contributed by atoms with Crippen LogP contribution < -0.4 is 17.0 Å². The summed E-state index contributed by atoms with van der Waals surface area (Å²) in [7, 11) is 2.41. The summed E-state index contributed by atoms with van der Waals surface area (Å²) >= 11 is 0. The lowest BCUT2D eigenvalue weighted by Crippen LogP contribution is -3.00. The van der Waals surface area contributed by atoms with Crippen molar-refractivity contribution in [3.05, 3.63) is 0 Å². The number of quaternary nitrogens is 1. The molecule has 0 bridgehead atoms. The molecule has 0 saturated carbocycles. The molecule has 18 heavy (non-hydrogen) atoms. The number of halogens is 1. The first kappa shape index (κ1) is 20.7. The van der Waals surface area contributed by atoms with Gasteiger partial charge in [-0.1, -0.05) is 26.7 Å². The molecular formula is C15H34BrNO. The lowest BCUT2D eigenvalue weighted by atomic mass is 10.1. The Labute approximate surface area is 125 Å². The topological polar surface area (TPSA) is 20.2 Å². The highest BCUT2D eigenvalue weighted by Crippen LogP contribution is 2.12. The molecule has 0 spiro atoms. The van der Waals surface area contributed by atoms with Crippen LogP contribution in [0.5, 0.6) is 0 Å². The fraction of sp³-hybridized carbons (Fsp3) is 1.00. The number of aliphatic hydroxyl groups excluding tert-OH is 1. The molecule has 3 heteroatoms. The van der Waals surface area contributed by atoms with E-state index in [1.807, 2.05) is 0 Å². The zero-order chi connectivity index (χ0) is 13.0. The smallest absolute Gasteiger partial charge is 0.0785 e. The van der Waals surface area contributed by atoms with Crippen LogP contribution in [0.4, 0.5) is 0 Å². The summed E-state index contributed by atoms with van der Waals surface area (Å²) in [6, 6.07) is 0. The van der Waals surface area contributed by atoms with E-state index in [2.05, 4.69) is 20.9 Å². The van der Waals surface area contributed by atoms with Crippen molar-refractivity contribution in [2.24, 2.45) is 0 Å². The molecule has 0 rings (SSSR count). The monoisotopic (exact) mass is 323 g/mol. The van der Waals surface area contributed by atoms with E-state index in [0.717, 1.165) is 6.42 Å². The molecule has 2 nitrogen and oxygen atoms in total. The van der Waals surface area contributed by atoms with E-state index in [0.29, 0.717) is 6.61 Å². The average molecular weight is 324 g/mol. The molecular weight excluding hydrogens is 290 g/mol. The summed E-state index contributed by atoms with van der Waals surface area (Å²) in [5.41, 5.74) is 0. The zero-order valence-corrected chi connectivity index (χ0v) is 14.3. The molecule has 0 aromatic carbocycles. The predicted octanol–water partition coefficient (Wildman–Crippen LogP) is 0.590. The van der Waals surface area contributed by atoms with Gasteiger partial charge in [0.1, 0.15) is 0 Å². The second-order valence-electron chi connectivity index (χ2n) is 5.64. The molecule has 0 saturated heterocycles. The van der Waals surface area contributed by atoms with E-state index in [-0.39, 0.29) is 17.0 Å². The summed E-state index contributed by atoms with van der Waals surface area (Å²) in [5, 5.41) is 8.88. The van der Waals surface area contributed by atoms with Crippen LogP contribution in [0, 0.1) is 0 Å². The van der Waals surface area contributed by atoms with Gasteiger partial charge < -0.3 is 26.6 Å². The molecule has 0 aliphatic rings. The second-order valence-corrected chi connectivity index (χ2v) is 5.64. The number of hydrogen-bond donors (Lipinski definition) is 1. The molecule has 0 aromatic heterocycles. The van der Waals surface area contributed by atoms with Crippen molar-refractivity contribution in [2.75, 3.05) is 33.3 Å². The van der Waals surface area contributed by atoms with Crippen molar-refractivity contribution in [1.82, 2.24) is 0 Å².